The Morgan fingerprint density at radius 2 is 2.20 bits per heavy atom. The molecule has 0 amide bonds. The predicted octanol–water partition coefficient (Wildman–Crippen LogP) is 2.18. The van der Waals surface area contributed by atoms with Crippen LogP contribution in [0.1, 0.15) is 18.2 Å². The zero-order valence-electron chi connectivity index (χ0n) is 14.0. The highest BCUT2D eigenvalue weighted by Crippen LogP contribution is 2.20. The van der Waals surface area contributed by atoms with Gasteiger partial charge in [0.15, 0.2) is 0 Å². The van der Waals surface area contributed by atoms with Gasteiger partial charge in [0.1, 0.15) is 12.1 Å². The zero-order valence-corrected chi connectivity index (χ0v) is 14.0. The Balaban J connectivity index is 1.63. The molecule has 0 aliphatic heterocycles. The number of hydrogen-bond donors (Lipinski definition) is 3. The molecule has 25 heavy (non-hydrogen) atoms. The third-order valence-corrected chi connectivity index (χ3v) is 4.38. The Morgan fingerprint density at radius 1 is 1.32 bits per heavy atom. The third-order valence-electron chi connectivity index (χ3n) is 4.38. The second-order valence-corrected chi connectivity index (χ2v) is 6.05. The monoisotopic (exact) mass is 336 g/mol. The fourth-order valence-electron chi connectivity index (χ4n) is 3.08. The van der Waals surface area contributed by atoms with Crippen molar-refractivity contribution in [1.82, 2.24) is 24.6 Å². The lowest BCUT2D eigenvalue weighted by molar-refractivity contribution is 0.273. The number of nitrogens with zero attached hydrogens (tertiary/aromatic N) is 4. The molecule has 3 aromatic heterocycles. The van der Waals surface area contributed by atoms with E-state index in [0.717, 1.165) is 23.4 Å². The van der Waals surface area contributed by atoms with Crippen molar-refractivity contribution in [3.05, 3.63) is 54.1 Å². The van der Waals surface area contributed by atoms with E-state index in [-0.39, 0.29) is 12.6 Å². The minimum Gasteiger partial charge on any atom is -0.394 e. The molecule has 1 aromatic carbocycles. The SMILES string of the molecule is CCc1cc(N[C@H](CO)Cc2c[nH]c3ccccc23)n2ncnc2n1. The molecule has 7 nitrogen and oxygen atoms in total. The molecule has 0 aliphatic carbocycles. The average Bonchev–Trinajstić information content (AvgIpc) is 3.28. The molecule has 0 unspecified atom stereocenters. The quantitative estimate of drug-likeness (QED) is 0.502. The van der Waals surface area contributed by atoms with E-state index in [1.54, 1.807) is 4.52 Å². The number of aromatic amines is 1. The van der Waals surface area contributed by atoms with Gasteiger partial charge in [0.2, 0.25) is 0 Å². The molecule has 0 spiro atoms. The molecule has 128 valence electrons. The van der Waals surface area contributed by atoms with Crippen molar-refractivity contribution in [1.29, 1.82) is 0 Å². The Morgan fingerprint density at radius 3 is 3.04 bits per heavy atom. The Bertz CT molecular complexity index is 1010. The summed E-state index contributed by atoms with van der Waals surface area (Å²) >= 11 is 0. The lowest BCUT2D eigenvalue weighted by Crippen LogP contribution is -2.27. The van der Waals surface area contributed by atoms with Gasteiger partial charge in [-0.15, -0.1) is 0 Å². The minimum atomic E-state index is -0.140. The number of aliphatic hydroxyl groups is 1. The van der Waals surface area contributed by atoms with Gasteiger partial charge >= 0.3 is 0 Å². The van der Waals surface area contributed by atoms with Crippen molar-refractivity contribution in [2.24, 2.45) is 0 Å². The number of para-hydroxylation sites is 1. The van der Waals surface area contributed by atoms with Crippen LogP contribution in [-0.4, -0.2) is 42.3 Å². The maximum absolute atomic E-state index is 9.87. The first-order valence-electron chi connectivity index (χ1n) is 8.40. The van der Waals surface area contributed by atoms with Crippen LogP contribution in [0.2, 0.25) is 0 Å². The summed E-state index contributed by atoms with van der Waals surface area (Å²) < 4.78 is 1.66. The normalized spacial score (nSPS) is 12.7. The van der Waals surface area contributed by atoms with E-state index in [1.165, 1.54) is 17.3 Å². The Hall–Kier alpha value is -2.93. The van der Waals surface area contributed by atoms with Crippen molar-refractivity contribution >= 4 is 22.5 Å². The highest BCUT2D eigenvalue weighted by molar-refractivity contribution is 5.83. The van der Waals surface area contributed by atoms with Gasteiger partial charge in [-0.1, -0.05) is 25.1 Å². The number of aryl methyl sites for hydroxylation is 1. The molecular formula is C18H20N6O. The van der Waals surface area contributed by atoms with Crippen molar-refractivity contribution in [3.8, 4) is 0 Å². The van der Waals surface area contributed by atoms with Crippen molar-refractivity contribution in [2.45, 2.75) is 25.8 Å². The summed E-state index contributed by atoms with van der Waals surface area (Å²) in [6.45, 7) is 2.06. The maximum Gasteiger partial charge on any atom is 0.254 e. The Labute approximate surface area is 144 Å². The standard InChI is InChI=1S/C18H20N6O/c1-2-13-8-17(24-18(23-13)20-11-21-24)22-14(10-25)7-12-9-19-16-6-4-3-5-15(12)16/h3-6,8-9,11,14,19,22,25H,2,7,10H2,1H3/t14-/m0/s1. The number of benzene rings is 1. The van der Waals surface area contributed by atoms with E-state index < -0.39 is 0 Å². The maximum atomic E-state index is 9.87. The topological polar surface area (TPSA) is 91.1 Å². The summed E-state index contributed by atoms with van der Waals surface area (Å²) in [5, 5.41) is 18.7. The van der Waals surface area contributed by atoms with Crippen LogP contribution in [0.3, 0.4) is 0 Å². The molecule has 4 aromatic rings. The fourth-order valence-corrected chi connectivity index (χ4v) is 3.08. The molecule has 1 atom stereocenters. The summed E-state index contributed by atoms with van der Waals surface area (Å²) in [6, 6.07) is 9.99. The second-order valence-electron chi connectivity index (χ2n) is 6.05. The third kappa shape index (κ3) is 2.94. The van der Waals surface area contributed by atoms with Gasteiger partial charge in [0, 0.05) is 28.9 Å². The molecule has 0 radical (unpaired) electrons. The number of anilines is 1. The predicted molar refractivity (Wildman–Crippen MR) is 96.7 cm³/mol. The molecule has 3 heterocycles. The number of rotatable bonds is 6. The van der Waals surface area contributed by atoms with E-state index >= 15 is 0 Å². The van der Waals surface area contributed by atoms with Crippen LogP contribution in [0.15, 0.2) is 42.9 Å². The largest absolute Gasteiger partial charge is 0.394 e. The molecule has 0 aliphatic rings. The lowest BCUT2D eigenvalue weighted by atomic mass is 10.1. The van der Waals surface area contributed by atoms with Crippen LogP contribution in [0.25, 0.3) is 16.7 Å². The van der Waals surface area contributed by atoms with Crippen LogP contribution in [-0.2, 0) is 12.8 Å². The highest BCUT2D eigenvalue weighted by Gasteiger charge is 2.15. The highest BCUT2D eigenvalue weighted by atomic mass is 16.3. The van der Waals surface area contributed by atoms with E-state index in [9.17, 15) is 5.11 Å². The number of aliphatic hydroxyl groups excluding tert-OH is 1. The number of nitrogens with one attached hydrogen (secondary N) is 2. The first-order valence-corrected chi connectivity index (χ1v) is 8.40. The first-order chi connectivity index (χ1) is 12.3. The average molecular weight is 336 g/mol. The van der Waals surface area contributed by atoms with Gasteiger partial charge < -0.3 is 15.4 Å². The van der Waals surface area contributed by atoms with Crippen molar-refractivity contribution < 1.29 is 5.11 Å². The summed E-state index contributed by atoms with van der Waals surface area (Å²) in [4.78, 5) is 11.9. The van der Waals surface area contributed by atoms with Gasteiger partial charge in [0.25, 0.3) is 5.78 Å². The molecule has 0 fully saturated rings. The summed E-state index contributed by atoms with van der Waals surface area (Å²) in [7, 11) is 0. The molecule has 3 N–H and O–H groups in total. The van der Waals surface area contributed by atoms with E-state index in [4.69, 9.17) is 0 Å². The minimum absolute atomic E-state index is 0.0134. The van der Waals surface area contributed by atoms with E-state index in [0.29, 0.717) is 12.2 Å². The first kappa shape index (κ1) is 15.6. The van der Waals surface area contributed by atoms with Crippen LogP contribution in [0.4, 0.5) is 5.82 Å². The van der Waals surface area contributed by atoms with Crippen molar-refractivity contribution in [2.75, 3.05) is 11.9 Å². The van der Waals surface area contributed by atoms with Gasteiger partial charge in [-0.2, -0.15) is 14.6 Å². The summed E-state index contributed by atoms with van der Waals surface area (Å²) in [5.74, 6) is 1.35. The molecule has 0 saturated carbocycles. The van der Waals surface area contributed by atoms with Crippen LogP contribution >= 0.6 is 0 Å². The van der Waals surface area contributed by atoms with Crippen LogP contribution in [0.5, 0.6) is 0 Å². The molecule has 0 bridgehead atoms. The molecule has 0 saturated heterocycles. The van der Waals surface area contributed by atoms with Crippen molar-refractivity contribution in [3.63, 3.8) is 0 Å². The second kappa shape index (κ2) is 6.52. The Kier molecular flexibility index (Phi) is 4.07. The fraction of sp³-hybridized carbons (Fsp3) is 0.278. The number of H-pyrrole nitrogens is 1. The molecule has 4 rings (SSSR count). The zero-order chi connectivity index (χ0) is 17.2. The van der Waals surface area contributed by atoms with Crippen LogP contribution in [0, 0.1) is 0 Å². The van der Waals surface area contributed by atoms with E-state index in [2.05, 4.69) is 44.4 Å². The van der Waals surface area contributed by atoms with Gasteiger partial charge in [-0.25, -0.2) is 4.98 Å². The summed E-state index contributed by atoms with van der Waals surface area (Å²) in [6.07, 6.45) is 5.00. The molecular weight excluding hydrogens is 316 g/mol. The number of aromatic nitrogens is 5. The van der Waals surface area contributed by atoms with Crippen LogP contribution < -0.4 is 5.32 Å². The number of hydrogen-bond acceptors (Lipinski definition) is 5. The van der Waals surface area contributed by atoms with Gasteiger partial charge in [-0.05, 0) is 24.5 Å². The van der Waals surface area contributed by atoms with Gasteiger partial charge in [0.05, 0.1) is 12.6 Å². The van der Waals surface area contributed by atoms with Gasteiger partial charge in [-0.3, -0.25) is 0 Å². The smallest absolute Gasteiger partial charge is 0.254 e. The number of fused-ring (bicyclic) bond motifs is 2. The summed E-state index contributed by atoms with van der Waals surface area (Å²) in [5.41, 5.74) is 3.21. The lowest BCUT2D eigenvalue weighted by Gasteiger charge is -2.18. The molecule has 7 heteroatoms. The van der Waals surface area contributed by atoms with E-state index in [1.807, 2.05) is 24.4 Å².